The van der Waals surface area contributed by atoms with Gasteiger partial charge in [0.2, 0.25) is 11.8 Å². The van der Waals surface area contributed by atoms with Crippen molar-refractivity contribution in [1.29, 1.82) is 0 Å². The lowest BCUT2D eigenvalue weighted by molar-refractivity contribution is -0.143. The number of amides is 2. The van der Waals surface area contributed by atoms with Crippen LogP contribution in [0.15, 0.2) is 0 Å². The zero-order valence-electron chi connectivity index (χ0n) is 15.8. The Kier molecular flexibility index (Phi) is 8.35. The smallest absolute Gasteiger partial charge is 0.306 e. The van der Waals surface area contributed by atoms with Gasteiger partial charge in [0.25, 0.3) is 0 Å². The van der Waals surface area contributed by atoms with Crippen molar-refractivity contribution in [3.63, 3.8) is 0 Å². The van der Waals surface area contributed by atoms with E-state index in [-0.39, 0.29) is 48.0 Å². The van der Waals surface area contributed by atoms with Crippen LogP contribution < -0.4 is 10.6 Å². The Labute approximate surface area is 167 Å². The number of rotatable bonds is 4. The topological polar surface area (TPSA) is 98.7 Å². The Morgan fingerprint density at radius 2 is 1.41 bits per heavy atom. The summed E-state index contributed by atoms with van der Waals surface area (Å²) in [5, 5.41) is 15.4. The number of carboxylic acids is 1. The van der Waals surface area contributed by atoms with Gasteiger partial charge < -0.3 is 20.6 Å². The van der Waals surface area contributed by atoms with Gasteiger partial charge in [-0.2, -0.15) is 0 Å². The fraction of sp³-hybridized carbons (Fsp3) is 0.842. The van der Waals surface area contributed by atoms with Crippen molar-refractivity contribution < 1.29 is 19.5 Å². The maximum atomic E-state index is 12.6. The minimum atomic E-state index is -0.722. The predicted molar refractivity (Wildman–Crippen MR) is 104 cm³/mol. The lowest BCUT2D eigenvalue weighted by atomic mass is 9.85. The van der Waals surface area contributed by atoms with Crippen molar-refractivity contribution >= 4 is 30.2 Å². The zero-order chi connectivity index (χ0) is 18.5. The van der Waals surface area contributed by atoms with Crippen LogP contribution in [0.5, 0.6) is 0 Å². The predicted octanol–water partition coefficient (Wildman–Crippen LogP) is 1.41. The maximum Gasteiger partial charge on any atom is 0.306 e. The summed E-state index contributed by atoms with van der Waals surface area (Å²) in [5.41, 5.74) is 0. The Morgan fingerprint density at radius 3 is 1.96 bits per heavy atom. The summed E-state index contributed by atoms with van der Waals surface area (Å²) >= 11 is 0. The molecule has 27 heavy (non-hydrogen) atoms. The first kappa shape index (κ1) is 22.0. The maximum absolute atomic E-state index is 12.6. The van der Waals surface area contributed by atoms with Crippen LogP contribution in [0.1, 0.15) is 51.4 Å². The van der Waals surface area contributed by atoms with E-state index in [2.05, 4.69) is 10.6 Å². The molecular formula is C19H32ClN3O4. The van der Waals surface area contributed by atoms with Gasteiger partial charge in [-0.3, -0.25) is 14.4 Å². The molecule has 0 spiro atoms. The highest BCUT2D eigenvalue weighted by Gasteiger charge is 2.33. The Hall–Kier alpha value is -1.34. The molecule has 1 saturated carbocycles. The zero-order valence-corrected chi connectivity index (χ0v) is 16.6. The largest absolute Gasteiger partial charge is 0.481 e. The first-order chi connectivity index (χ1) is 12.5. The minimum absolute atomic E-state index is 0. The highest BCUT2D eigenvalue weighted by Crippen LogP contribution is 2.26. The monoisotopic (exact) mass is 401 g/mol. The molecule has 3 aliphatic rings. The molecule has 3 fully saturated rings. The molecule has 3 rings (SSSR count). The Bertz CT molecular complexity index is 523. The van der Waals surface area contributed by atoms with E-state index in [9.17, 15) is 14.4 Å². The van der Waals surface area contributed by atoms with Crippen molar-refractivity contribution in [1.82, 2.24) is 15.5 Å². The van der Waals surface area contributed by atoms with Crippen molar-refractivity contribution in [2.24, 2.45) is 17.8 Å². The summed E-state index contributed by atoms with van der Waals surface area (Å²) in [6, 6.07) is 0.104. The van der Waals surface area contributed by atoms with Crippen LogP contribution in [-0.4, -0.2) is 60.0 Å². The van der Waals surface area contributed by atoms with Crippen LogP contribution >= 0.6 is 12.4 Å². The molecule has 8 heteroatoms. The van der Waals surface area contributed by atoms with Crippen molar-refractivity contribution in [3.8, 4) is 0 Å². The van der Waals surface area contributed by atoms with E-state index in [1.54, 1.807) is 0 Å². The molecule has 7 nitrogen and oxygen atoms in total. The molecule has 0 aromatic rings. The first-order valence-corrected chi connectivity index (χ1v) is 10.1. The molecule has 0 bridgehead atoms. The summed E-state index contributed by atoms with van der Waals surface area (Å²) in [6.45, 7) is 3.18. The van der Waals surface area contributed by atoms with Crippen molar-refractivity contribution in [3.05, 3.63) is 0 Å². The van der Waals surface area contributed by atoms with Gasteiger partial charge >= 0.3 is 5.97 Å². The third-order valence-electron chi connectivity index (χ3n) is 6.29. The Morgan fingerprint density at radius 1 is 0.815 bits per heavy atom. The molecular weight excluding hydrogens is 370 g/mol. The average Bonchev–Trinajstić information content (AvgIpc) is 2.68. The van der Waals surface area contributed by atoms with E-state index < -0.39 is 5.97 Å². The van der Waals surface area contributed by atoms with Gasteiger partial charge in [0.1, 0.15) is 0 Å². The molecule has 3 N–H and O–H groups in total. The number of aliphatic carboxylic acids is 1. The van der Waals surface area contributed by atoms with Crippen LogP contribution in [-0.2, 0) is 14.4 Å². The molecule has 2 amide bonds. The summed E-state index contributed by atoms with van der Waals surface area (Å²) in [4.78, 5) is 38.1. The van der Waals surface area contributed by atoms with Crippen LogP contribution in [0, 0.1) is 17.8 Å². The fourth-order valence-electron chi connectivity index (χ4n) is 4.49. The van der Waals surface area contributed by atoms with E-state index >= 15 is 0 Å². The Balaban J connectivity index is 0.00000261. The minimum Gasteiger partial charge on any atom is -0.481 e. The van der Waals surface area contributed by atoms with Crippen LogP contribution in [0.4, 0.5) is 0 Å². The number of carboxylic acid groups (broad SMARTS) is 1. The molecule has 0 radical (unpaired) electrons. The lowest BCUT2D eigenvalue weighted by Crippen LogP contribution is -2.48. The van der Waals surface area contributed by atoms with Crippen molar-refractivity contribution in [2.45, 2.75) is 57.4 Å². The summed E-state index contributed by atoms with van der Waals surface area (Å²) in [5.74, 6) is -0.515. The standard InChI is InChI=1S/C19H31N3O4.ClH/c23-17(21-16-3-1-15(2-4-16)19(25)26)13-7-11-22(12-8-13)18(24)14-5-9-20-10-6-14;/h13-16,20H,1-12H2,(H,21,23)(H,25,26);1H. The number of carbonyl (C=O) groups excluding carboxylic acids is 2. The van der Waals surface area contributed by atoms with E-state index in [4.69, 9.17) is 5.11 Å². The molecule has 0 aromatic carbocycles. The van der Waals surface area contributed by atoms with Crippen LogP contribution in [0.25, 0.3) is 0 Å². The summed E-state index contributed by atoms with van der Waals surface area (Å²) < 4.78 is 0. The van der Waals surface area contributed by atoms with E-state index in [0.717, 1.165) is 51.6 Å². The molecule has 154 valence electrons. The fourth-order valence-corrected chi connectivity index (χ4v) is 4.49. The summed E-state index contributed by atoms with van der Waals surface area (Å²) in [6.07, 6.45) is 6.06. The second-order valence-corrected chi connectivity index (χ2v) is 8.02. The van der Waals surface area contributed by atoms with E-state index in [1.807, 2.05) is 4.90 Å². The number of likely N-dealkylation sites (tertiary alicyclic amines) is 1. The van der Waals surface area contributed by atoms with E-state index in [0.29, 0.717) is 25.9 Å². The van der Waals surface area contributed by atoms with Crippen LogP contribution in [0.2, 0.25) is 0 Å². The second kappa shape index (κ2) is 10.3. The van der Waals surface area contributed by atoms with Gasteiger partial charge in [0, 0.05) is 31.0 Å². The number of hydrogen-bond donors (Lipinski definition) is 3. The second-order valence-electron chi connectivity index (χ2n) is 8.02. The summed E-state index contributed by atoms with van der Waals surface area (Å²) in [7, 11) is 0. The van der Waals surface area contributed by atoms with Gasteiger partial charge in [-0.15, -0.1) is 12.4 Å². The van der Waals surface area contributed by atoms with Gasteiger partial charge in [0.15, 0.2) is 0 Å². The van der Waals surface area contributed by atoms with Gasteiger partial charge in [0.05, 0.1) is 5.92 Å². The van der Waals surface area contributed by atoms with Gasteiger partial charge in [-0.25, -0.2) is 0 Å². The van der Waals surface area contributed by atoms with E-state index in [1.165, 1.54) is 0 Å². The normalized spacial score (nSPS) is 27.5. The lowest BCUT2D eigenvalue weighted by Gasteiger charge is -2.35. The molecule has 0 unspecified atom stereocenters. The number of nitrogens with one attached hydrogen (secondary N) is 2. The van der Waals surface area contributed by atoms with Crippen LogP contribution in [0.3, 0.4) is 0 Å². The molecule has 1 aliphatic carbocycles. The third kappa shape index (κ3) is 5.82. The van der Waals surface area contributed by atoms with Gasteiger partial charge in [-0.1, -0.05) is 0 Å². The highest BCUT2D eigenvalue weighted by molar-refractivity contribution is 5.85. The molecule has 2 aliphatic heterocycles. The average molecular weight is 402 g/mol. The first-order valence-electron chi connectivity index (χ1n) is 10.1. The third-order valence-corrected chi connectivity index (χ3v) is 6.29. The number of piperidine rings is 2. The highest BCUT2D eigenvalue weighted by atomic mass is 35.5. The molecule has 0 aromatic heterocycles. The van der Waals surface area contributed by atoms with Crippen molar-refractivity contribution in [2.75, 3.05) is 26.2 Å². The number of halogens is 1. The molecule has 2 saturated heterocycles. The van der Waals surface area contributed by atoms with Gasteiger partial charge in [-0.05, 0) is 64.5 Å². The number of nitrogens with zero attached hydrogens (tertiary/aromatic N) is 1. The quantitative estimate of drug-likeness (QED) is 0.661. The molecule has 0 atom stereocenters. The number of carbonyl (C=O) groups is 3. The number of hydrogen-bond acceptors (Lipinski definition) is 4. The molecule has 2 heterocycles. The SMILES string of the molecule is Cl.O=C(O)C1CCC(NC(=O)C2CCN(C(=O)C3CCNCC3)CC2)CC1.